The molecule has 0 spiro atoms. The molecule has 0 amide bonds. The lowest BCUT2D eigenvalue weighted by Crippen LogP contribution is -2.37. The second-order valence-corrected chi connectivity index (χ2v) is 27.5. The summed E-state index contributed by atoms with van der Waals surface area (Å²) in [7, 11) is 1.51. The van der Waals surface area contributed by atoms with Gasteiger partial charge in [0.2, 0.25) is 0 Å². The van der Waals surface area contributed by atoms with Gasteiger partial charge in [0.1, 0.15) is 19.8 Å². The number of hydrogen-bond donors (Lipinski definition) is 1. The summed E-state index contributed by atoms with van der Waals surface area (Å²) in [4.78, 5) is 35.9. The van der Waals surface area contributed by atoms with Gasteiger partial charge in [-0.3, -0.25) is 18.6 Å². The maximum absolute atomic E-state index is 12.9. The van der Waals surface area contributed by atoms with Crippen LogP contribution in [0, 0.1) is 0 Å². The van der Waals surface area contributed by atoms with E-state index in [1.54, 1.807) is 0 Å². The summed E-state index contributed by atoms with van der Waals surface area (Å²) >= 11 is 0. The van der Waals surface area contributed by atoms with Crippen LogP contribution in [-0.4, -0.2) is 74.9 Å². The lowest BCUT2D eigenvalue weighted by molar-refractivity contribution is -0.870. The Balaban J connectivity index is 3.96. The number of rotatable bonds is 68. The molecule has 0 saturated heterocycles. The standard InChI is InChI=1S/C70H140NO8P/c1-6-8-10-12-14-16-18-20-22-24-26-28-30-32-34-36-38-40-42-44-46-48-50-52-54-56-58-60-62-69(72)76-66-68(67-78-80(74,75)77-65-64-71(3,4)5)79-70(73)63-61-59-57-55-53-51-49-47-45-43-41-39-37-35-33-31-29-27-25-23-21-19-17-15-13-11-9-7-2/h68H,6-67H2,1-5H3/p+1/t68-/m1/s1. The van der Waals surface area contributed by atoms with Crippen LogP contribution >= 0.6 is 7.82 Å². The van der Waals surface area contributed by atoms with Crippen LogP contribution < -0.4 is 0 Å². The number of hydrogen-bond acceptors (Lipinski definition) is 7. The molecule has 1 N–H and O–H groups in total. The molecule has 80 heavy (non-hydrogen) atoms. The van der Waals surface area contributed by atoms with Crippen LogP contribution in [0.5, 0.6) is 0 Å². The highest BCUT2D eigenvalue weighted by atomic mass is 31.2. The number of carbonyl (C=O) groups excluding carboxylic acids is 2. The zero-order chi connectivity index (χ0) is 58.4. The van der Waals surface area contributed by atoms with Gasteiger partial charge in [0.25, 0.3) is 0 Å². The highest BCUT2D eigenvalue weighted by Crippen LogP contribution is 2.43. The average molecular weight is 1160 g/mol. The summed E-state index contributed by atoms with van der Waals surface area (Å²) in [6.45, 7) is 4.54. The number of likely N-dealkylation sites (N-methyl/N-ethyl adjacent to an activating group) is 1. The molecule has 2 atom stereocenters. The quantitative estimate of drug-likeness (QED) is 0.0278. The van der Waals surface area contributed by atoms with Crippen molar-refractivity contribution in [2.45, 2.75) is 392 Å². The summed E-state index contributed by atoms with van der Waals surface area (Å²) in [5.41, 5.74) is 0. The number of nitrogens with zero attached hydrogens (tertiary/aromatic N) is 1. The Hall–Kier alpha value is -0.990. The molecule has 0 aromatic heterocycles. The summed E-state index contributed by atoms with van der Waals surface area (Å²) in [5, 5.41) is 0. The van der Waals surface area contributed by atoms with E-state index in [-0.39, 0.29) is 25.6 Å². The first kappa shape index (κ1) is 79.0. The molecule has 0 aromatic rings. The number of carbonyl (C=O) groups is 2. The number of quaternary nitrogens is 1. The Morgan fingerprint density at radius 1 is 0.338 bits per heavy atom. The predicted molar refractivity (Wildman–Crippen MR) is 345 cm³/mol. The Morgan fingerprint density at radius 3 is 0.800 bits per heavy atom. The second kappa shape index (κ2) is 62.5. The van der Waals surface area contributed by atoms with Gasteiger partial charge in [0.05, 0.1) is 27.7 Å². The summed E-state index contributed by atoms with van der Waals surface area (Å²) in [6, 6.07) is 0. The van der Waals surface area contributed by atoms with Gasteiger partial charge >= 0.3 is 19.8 Å². The monoisotopic (exact) mass is 1160 g/mol. The minimum atomic E-state index is -4.38. The Kier molecular flexibility index (Phi) is 61.8. The van der Waals surface area contributed by atoms with Gasteiger partial charge in [-0.25, -0.2) is 4.57 Å². The number of ether oxygens (including phenoxy) is 2. The van der Waals surface area contributed by atoms with Crippen molar-refractivity contribution in [2.24, 2.45) is 0 Å². The first-order valence-corrected chi connectivity index (χ1v) is 37.3. The molecule has 10 heteroatoms. The molecule has 0 aliphatic heterocycles. The van der Waals surface area contributed by atoms with Crippen LogP contribution in [0.3, 0.4) is 0 Å². The fourth-order valence-electron chi connectivity index (χ4n) is 11.1. The first-order valence-electron chi connectivity index (χ1n) is 35.8. The van der Waals surface area contributed by atoms with Gasteiger partial charge in [0.15, 0.2) is 6.10 Å². The average Bonchev–Trinajstić information content (AvgIpc) is 3.42. The molecule has 0 aliphatic rings. The molecular formula is C70H141NO8P+. The van der Waals surface area contributed by atoms with Gasteiger partial charge in [-0.05, 0) is 12.8 Å². The van der Waals surface area contributed by atoms with E-state index in [1.807, 2.05) is 21.1 Å². The van der Waals surface area contributed by atoms with E-state index in [0.717, 1.165) is 38.5 Å². The molecular weight excluding hydrogens is 1010 g/mol. The maximum atomic E-state index is 12.9. The normalized spacial score (nSPS) is 13.0. The van der Waals surface area contributed by atoms with E-state index >= 15 is 0 Å². The lowest BCUT2D eigenvalue weighted by Gasteiger charge is -2.24. The third-order valence-corrected chi connectivity index (χ3v) is 17.6. The summed E-state index contributed by atoms with van der Waals surface area (Å²) < 4.78 is 34.8. The van der Waals surface area contributed by atoms with Gasteiger partial charge in [0, 0.05) is 12.8 Å². The van der Waals surface area contributed by atoms with Crippen LogP contribution in [0.15, 0.2) is 0 Å². The second-order valence-electron chi connectivity index (χ2n) is 26.0. The molecule has 0 fully saturated rings. The van der Waals surface area contributed by atoms with Crippen molar-refractivity contribution >= 4 is 19.8 Å². The molecule has 1 unspecified atom stereocenters. The van der Waals surface area contributed by atoms with E-state index in [2.05, 4.69) is 13.8 Å². The fourth-order valence-corrected chi connectivity index (χ4v) is 11.9. The van der Waals surface area contributed by atoms with Crippen LogP contribution in [-0.2, 0) is 32.7 Å². The topological polar surface area (TPSA) is 108 Å². The number of esters is 2. The largest absolute Gasteiger partial charge is 0.472 e. The SMILES string of the molecule is CCCCCCCCCCCCCCCCCCCCCCCCCCCCCCC(=O)OC[C@H](COP(=O)(O)OCC[N+](C)(C)C)OC(=O)CCCCCCCCCCCCCCCCCCCCCCCCCCCCCC. The molecule has 0 aromatic carbocycles. The molecule has 478 valence electrons. The predicted octanol–water partition coefficient (Wildman–Crippen LogP) is 22.9. The first-order chi connectivity index (χ1) is 39.0. The molecule has 0 radical (unpaired) electrons. The van der Waals surface area contributed by atoms with Crippen molar-refractivity contribution in [3.05, 3.63) is 0 Å². The smallest absolute Gasteiger partial charge is 0.462 e. The van der Waals surface area contributed by atoms with E-state index < -0.39 is 26.5 Å². The lowest BCUT2D eigenvalue weighted by atomic mass is 10.0. The van der Waals surface area contributed by atoms with Gasteiger partial charge in [-0.15, -0.1) is 0 Å². The summed E-state index contributed by atoms with van der Waals surface area (Å²) in [6.07, 6.45) is 75.1. The van der Waals surface area contributed by atoms with Crippen molar-refractivity contribution in [3.63, 3.8) is 0 Å². The molecule has 0 heterocycles. The molecule has 0 saturated carbocycles. The highest BCUT2D eigenvalue weighted by Gasteiger charge is 2.27. The van der Waals surface area contributed by atoms with Crippen molar-refractivity contribution < 1.29 is 42.1 Å². The van der Waals surface area contributed by atoms with Gasteiger partial charge in [-0.2, -0.15) is 0 Å². The third-order valence-electron chi connectivity index (χ3n) is 16.6. The van der Waals surface area contributed by atoms with Gasteiger partial charge in [-0.1, -0.05) is 361 Å². The molecule has 0 rings (SSSR count). The third kappa shape index (κ3) is 66.2. The Bertz CT molecular complexity index is 1310. The Labute approximate surface area is 499 Å². The zero-order valence-corrected chi connectivity index (χ0v) is 55.5. The number of unbranched alkanes of at least 4 members (excludes halogenated alkanes) is 54. The van der Waals surface area contributed by atoms with Crippen molar-refractivity contribution in [3.8, 4) is 0 Å². The molecule has 0 aliphatic carbocycles. The molecule has 9 nitrogen and oxygen atoms in total. The van der Waals surface area contributed by atoms with Crippen molar-refractivity contribution in [1.29, 1.82) is 0 Å². The minimum Gasteiger partial charge on any atom is -0.462 e. The van der Waals surface area contributed by atoms with E-state index in [9.17, 15) is 19.0 Å². The van der Waals surface area contributed by atoms with Crippen LogP contribution in [0.1, 0.15) is 386 Å². The maximum Gasteiger partial charge on any atom is 0.472 e. The van der Waals surface area contributed by atoms with E-state index in [0.29, 0.717) is 17.4 Å². The van der Waals surface area contributed by atoms with Crippen molar-refractivity contribution in [2.75, 3.05) is 47.5 Å². The highest BCUT2D eigenvalue weighted by molar-refractivity contribution is 7.47. The van der Waals surface area contributed by atoms with Gasteiger partial charge < -0.3 is 18.9 Å². The minimum absolute atomic E-state index is 0.0377. The van der Waals surface area contributed by atoms with E-state index in [1.165, 1.54) is 321 Å². The van der Waals surface area contributed by atoms with Crippen LogP contribution in [0.4, 0.5) is 0 Å². The van der Waals surface area contributed by atoms with E-state index in [4.69, 9.17) is 18.5 Å². The fraction of sp³-hybridized carbons (Fsp3) is 0.971. The summed E-state index contributed by atoms with van der Waals surface area (Å²) in [5.74, 6) is -0.767. The van der Waals surface area contributed by atoms with Crippen LogP contribution in [0.25, 0.3) is 0 Å². The number of phosphoric ester groups is 1. The molecule has 0 bridgehead atoms. The number of phosphoric acid groups is 1. The van der Waals surface area contributed by atoms with Crippen molar-refractivity contribution in [1.82, 2.24) is 0 Å². The zero-order valence-electron chi connectivity index (χ0n) is 54.6. The Morgan fingerprint density at radius 2 is 0.562 bits per heavy atom. The van der Waals surface area contributed by atoms with Crippen LogP contribution in [0.2, 0.25) is 0 Å².